The number of nitrogens with two attached hydrogens (primary N) is 1. The van der Waals surface area contributed by atoms with Crippen LogP contribution in [0.2, 0.25) is 0 Å². The second-order valence-electron chi connectivity index (χ2n) is 4.65. The van der Waals surface area contributed by atoms with E-state index in [0.29, 0.717) is 5.69 Å². The average Bonchev–Trinajstić information content (AvgIpc) is 2.39. The molecule has 0 aliphatic heterocycles. The van der Waals surface area contributed by atoms with Crippen LogP contribution in [-0.2, 0) is 0 Å². The highest BCUT2D eigenvalue weighted by atomic mass is 16.2. The lowest BCUT2D eigenvalue weighted by Crippen LogP contribution is -2.50. The average molecular weight is 233 g/mol. The van der Waals surface area contributed by atoms with E-state index in [-0.39, 0.29) is 18.0 Å². The summed E-state index contributed by atoms with van der Waals surface area (Å²) in [5, 5.41) is 0. The normalized spacial score (nSPS) is 24.4. The van der Waals surface area contributed by atoms with Crippen LogP contribution in [0.5, 0.6) is 0 Å². The maximum atomic E-state index is 12.2. The number of rotatable bonds is 2. The van der Waals surface area contributed by atoms with Crippen LogP contribution in [0, 0.1) is 0 Å². The number of hydrogen-bond donors (Lipinski definition) is 1. The highest BCUT2D eigenvalue weighted by Crippen LogP contribution is 2.21. The van der Waals surface area contributed by atoms with Crippen molar-refractivity contribution in [3.8, 4) is 0 Å². The van der Waals surface area contributed by atoms with Crippen molar-refractivity contribution < 1.29 is 4.79 Å². The van der Waals surface area contributed by atoms with E-state index in [2.05, 4.69) is 4.98 Å². The Morgan fingerprint density at radius 1 is 1.41 bits per heavy atom. The summed E-state index contributed by atoms with van der Waals surface area (Å²) in [6.45, 7) is 0. The number of pyridine rings is 1. The third-order valence-electron chi connectivity index (χ3n) is 3.48. The van der Waals surface area contributed by atoms with Gasteiger partial charge in [0.1, 0.15) is 5.69 Å². The van der Waals surface area contributed by atoms with E-state index in [1.54, 1.807) is 17.2 Å². The van der Waals surface area contributed by atoms with Gasteiger partial charge < -0.3 is 10.6 Å². The molecule has 17 heavy (non-hydrogen) atoms. The second-order valence-corrected chi connectivity index (χ2v) is 4.65. The van der Waals surface area contributed by atoms with Gasteiger partial charge in [0.2, 0.25) is 0 Å². The van der Waals surface area contributed by atoms with Crippen LogP contribution < -0.4 is 5.73 Å². The fourth-order valence-corrected chi connectivity index (χ4v) is 2.44. The minimum absolute atomic E-state index is 0.0343. The maximum absolute atomic E-state index is 12.2. The van der Waals surface area contributed by atoms with E-state index < -0.39 is 0 Å². The Labute approximate surface area is 102 Å². The monoisotopic (exact) mass is 233 g/mol. The predicted octanol–water partition coefficient (Wildman–Crippen LogP) is 1.42. The van der Waals surface area contributed by atoms with Crippen molar-refractivity contribution in [2.45, 2.75) is 37.8 Å². The maximum Gasteiger partial charge on any atom is 0.272 e. The molecular weight excluding hydrogens is 214 g/mol. The summed E-state index contributed by atoms with van der Waals surface area (Å²) in [6.07, 6.45) is 5.96. The summed E-state index contributed by atoms with van der Waals surface area (Å²) in [4.78, 5) is 18.0. The third-order valence-corrected chi connectivity index (χ3v) is 3.48. The number of nitrogens with zero attached hydrogens (tertiary/aromatic N) is 2. The smallest absolute Gasteiger partial charge is 0.272 e. The molecule has 4 nitrogen and oxygen atoms in total. The summed E-state index contributed by atoms with van der Waals surface area (Å²) < 4.78 is 0. The number of carbonyl (C=O) groups is 1. The van der Waals surface area contributed by atoms with Crippen molar-refractivity contribution in [3.63, 3.8) is 0 Å². The van der Waals surface area contributed by atoms with E-state index in [0.717, 1.165) is 19.3 Å². The number of carbonyl (C=O) groups excluding carboxylic acids is 1. The minimum Gasteiger partial charge on any atom is -0.336 e. The predicted molar refractivity (Wildman–Crippen MR) is 66.6 cm³/mol. The molecule has 1 fully saturated rings. The number of likely N-dealkylation sites (N-methyl/N-ethyl adjacent to an activating group) is 1. The molecule has 1 aromatic heterocycles. The Balaban J connectivity index is 2.09. The molecule has 2 rings (SSSR count). The SMILES string of the molecule is CN(C(=O)c1ccccn1)C1CCCCC1N. The number of amides is 1. The fraction of sp³-hybridized carbons (Fsp3) is 0.538. The first-order valence-corrected chi connectivity index (χ1v) is 6.14. The topological polar surface area (TPSA) is 59.2 Å². The van der Waals surface area contributed by atoms with Crippen LogP contribution in [-0.4, -0.2) is 34.9 Å². The summed E-state index contributed by atoms with van der Waals surface area (Å²) in [5.41, 5.74) is 6.57. The van der Waals surface area contributed by atoms with Crippen LogP contribution in [0.1, 0.15) is 36.2 Å². The van der Waals surface area contributed by atoms with Gasteiger partial charge in [0, 0.05) is 25.3 Å². The minimum atomic E-state index is -0.0343. The van der Waals surface area contributed by atoms with Gasteiger partial charge in [0.25, 0.3) is 5.91 Å². The first kappa shape index (κ1) is 12.0. The van der Waals surface area contributed by atoms with Crippen molar-refractivity contribution in [1.29, 1.82) is 0 Å². The molecule has 1 heterocycles. The number of hydrogen-bond acceptors (Lipinski definition) is 3. The molecule has 1 aromatic rings. The summed E-state index contributed by atoms with van der Waals surface area (Å²) in [6, 6.07) is 5.63. The Bertz CT molecular complexity index is 380. The van der Waals surface area contributed by atoms with E-state index in [1.807, 2.05) is 19.2 Å². The molecule has 2 unspecified atom stereocenters. The van der Waals surface area contributed by atoms with Gasteiger partial charge in [0.15, 0.2) is 0 Å². The van der Waals surface area contributed by atoms with Crippen molar-refractivity contribution >= 4 is 5.91 Å². The van der Waals surface area contributed by atoms with Gasteiger partial charge >= 0.3 is 0 Å². The molecule has 92 valence electrons. The molecule has 1 aliphatic carbocycles. The molecular formula is C13H19N3O. The van der Waals surface area contributed by atoms with Gasteiger partial charge in [-0.1, -0.05) is 18.9 Å². The number of aromatic nitrogens is 1. The van der Waals surface area contributed by atoms with Crippen molar-refractivity contribution in [2.75, 3.05) is 7.05 Å². The van der Waals surface area contributed by atoms with Gasteiger partial charge in [-0.2, -0.15) is 0 Å². The van der Waals surface area contributed by atoms with Crippen LogP contribution in [0.15, 0.2) is 24.4 Å². The lowest BCUT2D eigenvalue weighted by atomic mass is 9.90. The zero-order chi connectivity index (χ0) is 12.3. The van der Waals surface area contributed by atoms with E-state index in [4.69, 9.17) is 5.73 Å². The Morgan fingerprint density at radius 3 is 2.82 bits per heavy atom. The second kappa shape index (κ2) is 5.27. The van der Waals surface area contributed by atoms with E-state index >= 15 is 0 Å². The molecule has 0 spiro atoms. The van der Waals surface area contributed by atoms with Crippen LogP contribution >= 0.6 is 0 Å². The first-order chi connectivity index (χ1) is 8.20. The summed E-state index contributed by atoms with van der Waals surface area (Å²) in [7, 11) is 1.83. The van der Waals surface area contributed by atoms with Gasteiger partial charge in [-0.15, -0.1) is 0 Å². The third kappa shape index (κ3) is 2.64. The van der Waals surface area contributed by atoms with E-state index in [9.17, 15) is 4.79 Å². The van der Waals surface area contributed by atoms with Crippen LogP contribution in [0.4, 0.5) is 0 Å². The van der Waals surface area contributed by atoms with Gasteiger partial charge in [-0.25, -0.2) is 0 Å². The van der Waals surface area contributed by atoms with Gasteiger partial charge in [-0.05, 0) is 25.0 Å². The van der Waals surface area contributed by atoms with Crippen LogP contribution in [0.25, 0.3) is 0 Å². The molecule has 2 N–H and O–H groups in total. The van der Waals surface area contributed by atoms with Gasteiger partial charge in [-0.3, -0.25) is 9.78 Å². The van der Waals surface area contributed by atoms with Crippen LogP contribution in [0.3, 0.4) is 0 Å². The molecule has 0 saturated heterocycles. The van der Waals surface area contributed by atoms with E-state index in [1.165, 1.54) is 6.42 Å². The highest BCUT2D eigenvalue weighted by Gasteiger charge is 2.29. The van der Waals surface area contributed by atoms with Crippen molar-refractivity contribution in [2.24, 2.45) is 5.73 Å². The Hall–Kier alpha value is -1.42. The standard InChI is InChI=1S/C13H19N3O/c1-16(12-8-3-2-6-10(12)14)13(17)11-7-4-5-9-15-11/h4-5,7,9-10,12H,2-3,6,8,14H2,1H3. The molecule has 1 amide bonds. The van der Waals surface area contributed by atoms with Crippen molar-refractivity contribution in [3.05, 3.63) is 30.1 Å². The lowest BCUT2D eigenvalue weighted by molar-refractivity contribution is 0.0666. The molecule has 2 atom stereocenters. The van der Waals surface area contributed by atoms with Crippen molar-refractivity contribution in [1.82, 2.24) is 9.88 Å². The largest absolute Gasteiger partial charge is 0.336 e. The zero-order valence-corrected chi connectivity index (χ0v) is 10.2. The summed E-state index contributed by atoms with van der Waals surface area (Å²) >= 11 is 0. The highest BCUT2D eigenvalue weighted by molar-refractivity contribution is 5.92. The molecule has 0 radical (unpaired) electrons. The summed E-state index contributed by atoms with van der Waals surface area (Å²) in [5.74, 6) is -0.0343. The molecule has 0 aromatic carbocycles. The molecule has 4 heteroatoms. The molecule has 1 aliphatic rings. The van der Waals surface area contributed by atoms with Gasteiger partial charge in [0.05, 0.1) is 0 Å². The fourth-order valence-electron chi connectivity index (χ4n) is 2.44. The zero-order valence-electron chi connectivity index (χ0n) is 10.2. The quantitative estimate of drug-likeness (QED) is 0.840. The Kier molecular flexibility index (Phi) is 3.74. The first-order valence-electron chi connectivity index (χ1n) is 6.14. The Morgan fingerprint density at radius 2 is 2.18 bits per heavy atom. The molecule has 0 bridgehead atoms. The lowest BCUT2D eigenvalue weighted by Gasteiger charge is -2.35. The molecule has 1 saturated carbocycles.